The molecular formula is C16H18N2O5S2. The zero-order valence-corrected chi connectivity index (χ0v) is 15.4. The predicted molar refractivity (Wildman–Crippen MR) is 95.2 cm³/mol. The molecule has 0 radical (unpaired) electrons. The molecule has 25 heavy (non-hydrogen) atoms. The highest BCUT2D eigenvalue weighted by Gasteiger charge is 2.29. The third kappa shape index (κ3) is 3.77. The fourth-order valence-corrected chi connectivity index (χ4v) is 5.22. The Morgan fingerprint density at radius 2 is 2.12 bits per heavy atom. The molecule has 2 aromatic rings. The number of nitrogens with one attached hydrogen (secondary N) is 1. The Bertz CT molecular complexity index is 892. The summed E-state index contributed by atoms with van der Waals surface area (Å²) in [6, 6.07) is 5.09. The third-order valence-electron chi connectivity index (χ3n) is 3.94. The Hall–Kier alpha value is -2.13. The van der Waals surface area contributed by atoms with Crippen LogP contribution in [0.3, 0.4) is 0 Å². The number of benzene rings is 1. The maximum Gasteiger partial charge on any atom is 0.271 e. The van der Waals surface area contributed by atoms with Crippen molar-refractivity contribution in [3.05, 3.63) is 29.3 Å². The highest BCUT2D eigenvalue weighted by Crippen LogP contribution is 2.38. The number of carbonyl (C=O) groups is 1. The number of nitrogens with zero attached hydrogens (tertiary/aromatic N) is 1. The fourth-order valence-electron chi connectivity index (χ4n) is 2.73. The largest absolute Gasteiger partial charge is 0.493 e. The van der Waals surface area contributed by atoms with Crippen LogP contribution in [-0.2, 0) is 9.84 Å². The highest BCUT2D eigenvalue weighted by atomic mass is 32.2. The zero-order valence-electron chi connectivity index (χ0n) is 13.8. The van der Waals surface area contributed by atoms with Gasteiger partial charge in [0.05, 0.1) is 31.3 Å². The first-order valence-corrected chi connectivity index (χ1v) is 10.3. The van der Waals surface area contributed by atoms with Crippen molar-refractivity contribution in [2.45, 2.75) is 12.5 Å². The normalized spacial score (nSPS) is 18.7. The number of sulfone groups is 1. The first-order valence-electron chi connectivity index (χ1n) is 7.61. The minimum absolute atomic E-state index is 0.0144. The van der Waals surface area contributed by atoms with Gasteiger partial charge in [-0.1, -0.05) is 6.07 Å². The predicted octanol–water partition coefficient (Wildman–Crippen LogP) is 1.74. The number of hydrogen-bond acceptors (Lipinski definition) is 7. The van der Waals surface area contributed by atoms with Gasteiger partial charge in [-0.15, -0.1) is 11.3 Å². The van der Waals surface area contributed by atoms with Gasteiger partial charge in [0.1, 0.15) is 10.7 Å². The van der Waals surface area contributed by atoms with Gasteiger partial charge in [0.25, 0.3) is 5.91 Å². The van der Waals surface area contributed by atoms with Crippen molar-refractivity contribution in [1.29, 1.82) is 0 Å². The van der Waals surface area contributed by atoms with E-state index in [1.807, 2.05) is 12.1 Å². The summed E-state index contributed by atoms with van der Waals surface area (Å²) < 4.78 is 33.6. The minimum Gasteiger partial charge on any atom is -0.493 e. The molecule has 7 nitrogen and oxygen atoms in total. The smallest absolute Gasteiger partial charge is 0.271 e. The number of aromatic nitrogens is 1. The first-order chi connectivity index (χ1) is 11.9. The molecule has 0 spiro atoms. The number of rotatable bonds is 5. The Morgan fingerprint density at radius 3 is 2.76 bits per heavy atom. The standard InChI is InChI=1S/C16H18N2O5S2/c1-22-13-5-3-4-11(14(13)23-2)16-18-12(8-24-16)15(19)17-10-6-7-25(20,21)9-10/h3-5,8,10H,6-7,9H2,1-2H3,(H,17,19)/t10-/m1/s1. The number of thiazole rings is 1. The molecular weight excluding hydrogens is 364 g/mol. The molecule has 2 heterocycles. The van der Waals surface area contributed by atoms with E-state index in [9.17, 15) is 13.2 Å². The summed E-state index contributed by atoms with van der Waals surface area (Å²) in [6.45, 7) is 0. The minimum atomic E-state index is -3.04. The maximum atomic E-state index is 12.3. The molecule has 1 aromatic carbocycles. The van der Waals surface area contributed by atoms with Crippen molar-refractivity contribution in [1.82, 2.24) is 10.3 Å². The number of methoxy groups -OCH3 is 2. The van der Waals surface area contributed by atoms with Crippen LogP contribution in [0.5, 0.6) is 11.5 Å². The SMILES string of the molecule is COc1cccc(-c2nc(C(=O)N[C@@H]3CCS(=O)(=O)C3)cs2)c1OC. The summed E-state index contributed by atoms with van der Waals surface area (Å²) in [7, 11) is 0.0576. The summed E-state index contributed by atoms with van der Waals surface area (Å²) in [5.74, 6) is 0.859. The first kappa shape index (κ1) is 17.7. The Kier molecular flexibility index (Phi) is 4.96. The van der Waals surface area contributed by atoms with Crippen molar-refractivity contribution in [2.75, 3.05) is 25.7 Å². The lowest BCUT2D eigenvalue weighted by Gasteiger charge is -2.11. The Morgan fingerprint density at radius 1 is 1.32 bits per heavy atom. The van der Waals surface area contributed by atoms with Gasteiger partial charge in [-0.25, -0.2) is 13.4 Å². The van der Waals surface area contributed by atoms with Gasteiger partial charge in [-0.2, -0.15) is 0 Å². The number of hydrogen-bond donors (Lipinski definition) is 1. The lowest BCUT2D eigenvalue weighted by molar-refractivity contribution is 0.0937. The fraction of sp³-hybridized carbons (Fsp3) is 0.375. The van der Waals surface area contributed by atoms with Crippen molar-refractivity contribution in [3.63, 3.8) is 0 Å². The van der Waals surface area contributed by atoms with Crippen LogP contribution in [-0.4, -0.2) is 51.1 Å². The second kappa shape index (κ2) is 7.01. The second-order valence-corrected chi connectivity index (χ2v) is 8.74. The maximum absolute atomic E-state index is 12.3. The van der Waals surface area contributed by atoms with Gasteiger partial charge in [0.2, 0.25) is 0 Å². The molecule has 1 N–H and O–H groups in total. The van der Waals surface area contributed by atoms with Crippen LogP contribution in [0, 0.1) is 0 Å². The summed E-state index contributed by atoms with van der Waals surface area (Å²) in [4.78, 5) is 16.7. The quantitative estimate of drug-likeness (QED) is 0.847. The summed E-state index contributed by atoms with van der Waals surface area (Å²) in [5, 5.41) is 5.01. The van der Waals surface area contributed by atoms with Gasteiger partial charge >= 0.3 is 0 Å². The number of carbonyl (C=O) groups excluding carboxylic acids is 1. The van der Waals surface area contributed by atoms with E-state index in [0.29, 0.717) is 22.9 Å². The van der Waals surface area contributed by atoms with E-state index in [4.69, 9.17) is 9.47 Å². The van der Waals surface area contributed by atoms with Gasteiger partial charge in [0.15, 0.2) is 21.3 Å². The molecule has 1 amide bonds. The van der Waals surface area contributed by atoms with Crippen LogP contribution >= 0.6 is 11.3 Å². The average Bonchev–Trinajstić information content (AvgIpc) is 3.20. The van der Waals surface area contributed by atoms with Crippen LogP contribution < -0.4 is 14.8 Å². The second-order valence-electron chi connectivity index (χ2n) is 5.65. The van der Waals surface area contributed by atoms with E-state index >= 15 is 0 Å². The molecule has 1 fully saturated rings. The van der Waals surface area contributed by atoms with E-state index in [2.05, 4.69) is 10.3 Å². The molecule has 0 saturated carbocycles. The average molecular weight is 382 g/mol. The monoisotopic (exact) mass is 382 g/mol. The topological polar surface area (TPSA) is 94.6 Å². The van der Waals surface area contributed by atoms with E-state index in [1.165, 1.54) is 11.3 Å². The lowest BCUT2D eigenvalue weighted by atomic mass is 10.2. The van der Waals surface area contributed by atoms with Crippen molar-refractivity contribution >= 4 is 27.1 Å². The molecule has 1 aliphatic rings. The Labute approximate surface area is 149 Å². The molecule has 1 aromatic heterocycles. The van der Waals surface area contributed by atoms with Crippen molar-refractivity contribution < 1.29 is 22.7 Å². The summed E-state index contributed by atoms with van der Waals surface area (Å²) >= 11 is 1.31. The third-order valence-corrected chi connectivity index (χ3v) is 6.58. The molecule has 9 heteroatoms. The van der Waals surface area contributed by atoms with Gasteiger partial charge in [-0.05, 0) is 18.6 Å². The number of para-hydroxylation sites is 1. The van der Waals surface area contributed by atoms with Crippen molar-refractivity contribution in [2.24, 2.45) is 0 Å². The van der Waals surface area contributed by atoms with Gasteiger partial charge < -0.3 is 14.8 Å². The van der Waals surface area contributed by atoms with Crippen LogP contribution in [0.25, 0.3) is 10.6 Å². The van der Waals surface area contributed by atoms with Crippen molar-refractivity contribution in [3.8, 4) is 22.1 Å². The molecule has 1 saturated heterocycles. The summed E-state index contributed by atoms with van der Waals surface area (Å²) in [6.07, 6.45) is 0.439. The Balaban J connectivity index is 1.80. The van der Waals surface area contributed by atoms with Crippen LogP contribution in [0.1, 0.15) is 16.9 Å². The molecule has 1 atom stereocenters. The van der Waals surface area contributed by atoms with E-state index in [0.717, 1.165) is 5.56 Å². The van der Waals surface area contributed by atoms with E-state index < -0.39 is 9.84 Å². The van der Waals surface area contributed by atoms with Gasteiger partial charge in [-0.3, -0.25) is 4.79 Å². The summed E-state index contributed by atoms with van der Waals surface area (Å²) in [5.41, 5.74) is 0.989. The molecule has 134 valence electrons. The van der Waals surface area contributed by atoms with Gasteiger partial charge in [0, 0.05) is 11.4 Å². The zero-order chi connectivity index (χ0) is 18.0. The van der Waals surface area contributed by atoms with E-state index in [-0.39, 0.29) is 29.1 Å². The molecule has 0 bridgehead atoms. The lowest BCUT2D eigenvalue weighted by Crippen LogP contribution is -2.35. The van der Waals surface area contributed by atoms with Crippen LogP contribution in [0.2, 0.25) is 0 Å². The van der Waals surface area contributed by atoms with E-state index in [1.54, 1.807) is 25.7 Å². The molecule has 3 rings (SSSR count). The van der Waals surface area contributed by atoms with Crippen LogP contribution in [0.15, 0.2) is 23.6 Å². The van der Waals surface area contributed by atoms with Crippen LogP contribution in [0.4, 0.5) is 0 Å². The number of amides is 1. The molecule has 1 aliphatic heterocycles. The molecule has 0 aliphatic carbocycles. The molecule has 0 unspecified atom stereocenters. The number of ether oxygens (including phenoxy) is 2. The highest BCUT2D eigenvalue weighted by molar-refractivity contribution is 7.91.